The lowest BCUT2D eigenvalue weighted by molar-refractivity contribution is 0.0780. The van der Waals surface area contributed by atoms with Crippen molar-refractivity contribution in [2.45, 2.75) is 20.0 Å². The van der Waals surface area contributed by atoms with Gasteiger partial charge in [-0.05, 0) is 35.7 Å². The van der Waals surface area contributed by atoms with E-state index in [-0.39, 0.29) is 11.5 Å². The number of carbonyl (C=O) groups is 1. The third-order valence-corrected chi connectivity index (χ3v) is 3.38. The number of amides is 1. The zero-order valence-electron chi connectivity index (χ0n) is 12.3. The molecule has 4 heteroatoms. The first-order valence-electron chi connectivity index (χ1n) is 6.80. The van der Waals surface area contributed by atoms with Gasteiger partial charge in [-0.2, -0.15) is 0 Å². The summed E-state index contributed by atoms with van der Waals surface area (Å²) in [5.74, 6) is -0.805. The summed E-state index contributed by atoms with van der Waals surface area (Å²) in [6, 6.07) is 12.4. The second kappa shape index (κ2) is 6.50. The standard InChI is InChI=1S/C17H19FN2O/c1-12-3-8-15(16(18)9-12)17(21)20(2)11-14-6-4-13(10-19)5-7-14/h3-9H,10-11,19H2,1-2H3. The van der Waals surface area contributed by atoms with Gasteiger partial charge in [0, 0.05) is 20.1 Å². The van der Waals surface area contributed by atoms with Crippen molar-refractivity contribution in [3.8, 4) is 0 Å². The van der Waals surface area contributed by atoms with Gasteiger partial charge in [-0.25, -0.2) is 4.39 Å². The summed E-state index contributed by atoms with van der Waals surface area (Å²) in [5.41, 5.74) is 8.46. The Labute approximate surface area is 124 Å². The highest BCUT2D eigenvalue weighted by molar-refractivity contribution is 5.94. The Bertz CT molecular complexity index is 638. The van der Waals surface area contributed by atoms with Gasteiger partial charge >= 0.3 is 0 Å². The van der Waals surface area contributed by atoms with Crippen LogP contribution in [0.4, 0.5) is 4.39 Å². The summed E-state index contributed by atoms with van der Waals surface area (Å²) in [7, 11) is 1.67. The van der Waals surface area contributed by atoms with Crippen molar-refractivity contribution in [2.24, 2.45) is 5.73 Å². The van der Waals surface area contributed by atoms with Gasteiger partial charge in [0.05, 0.1) is 5.56 Å². The summed E-state index contributed by atoms with van der Waals surface area (Å²) in [4.78, 5) is 13.8. The second-order valence-electron chi connectivity index (χ2n) is 5.17. The average Bonchev–Trinajstić information content (AvgIpc) is 2.47. The molecule has 2 N–H and O–H groups in total. The zero-order valence-corrected chi connectivity index (χ0v) is 12.3. The van der Waals surface area contributed by atoms with E-state index in [1.807, 2.05) is 24.3 Å². The summed E-state index contributed by atoms with van der Waals surface area (Å²) in [6.45, 7) is 2.71. The minimum atomic E-state index is -0.481. The fourth-order valence-electron chi connectivity index (χ4n) is 2.13. The number of rotatable bonds is 4. The molecule has 0 saturated heterocycles. The number of hydrogen-bond donors (Lipinski definition) is 1. The van der Waals surface area contributed by atoms with Crippen LogP contribution in [-0.4, -0.2) is 17.9 Å². The molecular weight excluding hydrogens is 267 g/mol. The van der Waals surface area contributed by atoms with Crippen LogP contribution in [0.3, 0.4) is 0 Å². The summed E-state index contributed by atoms with van der Waals surface area (Å²) >= 11 is 0. The van der Waals surface area contributed by atoms with Gasteiger partial charge in [0.1, 0.15) is 5.82 Å². The van der Waals surface area contributed by atoms with E-state index in [0.717, 1.165) is 16.7 Å². The molecule has 0 aliphatic carbocycles. The maximum Gasteiger partial charge on any atom is 0.256 e. The van der Waals surface area contributed by atoms with Crippen LogP contribution in [0.5, 0.6) is 0 Å². The maximum atomic E-state index is 13.8. The van der Waals surface area contributed by atoms with Gasteiger partial charge < -0.3 is 10.6 Å². The molecule has 0 atom stereocenters. The van der Waals surface area contributed by atoms with Crippen LogP contribution >= 0.6 is 0 Å². The van der Waals surface area contributed by atoms with Crippen LogP contribution in [0.25, 0.3) is 0 Å². The molecule has 0 bridgehead atoms. The number of hydrogen-bond acceptors (Lipinski definition) is 2. The molecule has 2 aromatic rings. The summed E-state index contributed by atoms with van der Waals surface area (Å²) in [6.07, 6.45) is 0. The van der Waals surface area contributed by atoms with Crippen molar-refractivity contribution in [3.05, 3.63) is 70.5 Å². The molecule has 110 valence electrons. The molecule has 0 fully saturated rings. The van der Waals surface area contributed by atoms with E-state index in [1.165, 1.54) is 17.0 Å². The Kier molecular flexibility index (Phi) is 4.70. The summed E-state index contributed by atoms with van der Waals surface area (Å²) in [5, 5.41) is 0. The Morgan fingerprint density at radius 1 is 1.14 bits per heavy atom. The average molecular weight is 286 g/mol. The Morgan fingerprint density at radius 3 is 2.33 bits per heavy atom. The van der Waals surface area contributed by atoms with E-state index in [0.29, 0.717) is 13.1 Å². The van der Waals surface area contributed by atoms with Crippen LogP contribution in [-0.2, 0) is 13.1 Å². The number of halogens is 1. The number of carbonyl (C=O) groups excluding carboxylic acids is 1. The van der Waals surface area contributed by atoms with Gasteiger partial charge in [0.15, 0.2) is 0 Å². The predicted octanol–water partition coefficient (Wildman–Crippen LogP) is 2.87. The molecular formula is C17H19FN2O. The molecule has 3 nitrogen and oxygen atoms in total. The lowest BCUT2D eigenvalue weighted by Gasteiger charge is -2.18. The summed E-state index contributed by atoms with van der Waals surface area (Å²) < 4.78 is 13.8. The van der Waals surface area contributed by atoms with E-state index < -0.39 is 5.82 Å². The SMILES string of the molecule is Cc1ccc(C(=O)N(C)Cc2ccc(CN)cc2)c(F)c1. The molecule has 0 saturated carbocycles. The Morgan fingerprint density at radius 2 is 1.76 bits per heavy atom. The largest absolute Gasteiger partial charge is 0.337 e. The van der Waals surface area contributed by atoms with Crippen LogP contribution in [0.1, 0.15) is 27.0 Å². The molecule has 0 radical (unpaired) electrons. The molecule has 2 aromatic carbocycles. The van der Waals surface area contributed by atoms with Gasteiger partial charge in [0.2, 0.25) is 0 Å². The first-order valence-corrected chi connectivity index (χ1v) is 6.80. The van der Waals surface area contributed by atoms with Crippen LogP contribution in [0.2, 0.25) is 0 Å². The molecule has 0 aliphatic heterocycles. The Balaban J connectivity index is 2.11. The zero-order chi connectivity index (χ0) is 15.4. The molecule has 1 amide bonds. The minimum Gasteiger partial charge on any atom is -0.337 e. The molecule has 2 rings (SSSR count). The van der Waals surface area contributed by atoms with Crippen molar-refractivity contribution >= 4 is 5.91 Å². The van der Waals surface area contributed by atoms with Crippen LogP contribution in [0.15, 0.2) is 42.5 Å². The van der Waals surface area contributed by atoms with Gasteiger partial charge in [-0.15, -0.1) is 0 Å². The number of benzene rings is 2. The van der Waals surface area contributed by atoms with Gasteiger partial charge in [0.25, 0.3) is 5.91 Å². The quantitative estimate of drug-likeness (QED) is 0.939. The first-order chi connectivity index (χ1) is 10.0. The molecule has 0 aliphatic rings. The number of aryl methyl sites for hydroxylation is 1. The lowest BCUT2D eigenvalue weighted by atomic mass is 10.1. The number of nitrogens with zero attached hydrogens (tertiary/aromatic N) is 1. The highest BCUT2D eigenvalue weighted by Crippen LogP contribution is 2.14. The molecule has 0 spiro atoms. The highest BCUT2D eigenvalue weighted by atomic mass is 19.1. The van der Waals surface area contributed by atoms with E-state index in [1.54, 1.807) is 20.0 Å². The molecule has 21 heavy (non-hydrogen) atoms. The van der Waals surface area contributed by atoms with Crippen molar-refractivity contribution < 1.29 is 9.18 Å². The fraction of sp³-hybridized carbons (Fsp3) is 0.235. The lowest BCUT2D eigenvalue weighted by Crippen LogP contribution is -2.27. The predicted molar refractivity (Wildman–Crippen MR) is 81.3 cm³/mol. The molecule has 0 aromatic heterocycles. The van der Waals surface area contributed by atoms with Crippen molar-refractivity contribution in [2.75, 3.05) is 7.05 Å². The second-order valence-corrected chi connectivity index (χ2v) is 5.17. The normalized spacial score (nSPS) is 10.5. The third kappa shape index (κ3) is 3.67. The van der Waals surface area contributed by atoms with E-state index in [9.17, 15) is 9.18 Å². The first kappa shape index (κ1) is 15.2. The topological polar surface area (TPSA) is 46.3 Å². The molecule has 0 unspecified atom stereocenters. The molecule has 0 heterocycles. The van der Waals surface area contributed by atoms with Gasteiger partial charge in [-0.3, -0.25) is 4.79 Å². The van der Waals surface area contributed by atoms with Crippen molar-refractivity contribution in [1.82, 2.24) is 4.90 Å². The van der Waals surface area contributed by atoms with Crippen LogP contribution < -0.4 is 5.73 Å². The highest BCUT2D eigenvalue weighted by Gasteiger charge is 2.16. The van der Waals surface area contributed by atoms with E-state index in [4.69, 9.17) is 5.73 Å². The van der Waals surface area contributed by atoms with Crippen LogP contribution in [0, 0.1) is 12.7 Å². The maximum absolute atomic E-state index is 13.8. The third-order valence-electron chi connectivity index (χ3n) is 3.38. The van der Waals surface area contributed by atoms with Gasteiger partial charge in [-0.1, -0.05) is 30.3 Å². The van der Waals surface area contributed by atoms with Crippen molar-refractivity contribution in [1.29, 1.82) is 0 Å². The smallest absolute Gasteiger partial charge is 0.256 e. The monoisotopic (exact) mass is 286 g/mol. The van der Waals surface area contributed by atoms with Crippen molar-refractivity contribution in [3.63, 3.8) is 0 Å². The minimum absolute atomic E-state index is 0.0988. The van der Waals surface area contributed by atoms with E-state index in [2.05, 4.69) is 0 Å². The Hall–Kier alpha value is -2.20. The number of nitrogens with two attached hydrogens (primary N) is 1. The fourth-order valence-corrected chi connectivity index (χ4v) is 2.13. The van der Waals surface area contributed by atoms with E-state index >= 15 is 0 Å².